The molecule has 2 heterocycles. The fourth-order valence-electron chi connectivity index (χ4n) is 2.65. The zero-order valence-electron chi connectivity index (χ0n) is 14.6. The average Bonchev–Trinajstić information content (AvgIpc) is 3.15. The molecule has 0 aliphatic carbocycles. The molecular weight excluding hydrogens is 388 g/mol. The smallest absolute Gasteiger partial charge is 0.266 e. The molecule has 7 heteroatoms. The summed E-state index contributed by atoms with van der Waals surface area (Å²) in [7, 11) is 4.19. The van der Waals surface area contributed by atoms with Crippen molar-refractivity contribution in [3.8, 4) is 11.3 Å². The molecule has 2 aromatic rings. The van der Waals surface area contributed by atoms with E-state index in [-0.39, 0.29) is 5.91 Å². The Labute approximate surface area is 167 Å². The highest BCUT2D eigenvalue weighted by Crippen LogP contribution is 2.34. The standard InChI is InChI=1S/C19H19ClN2O2S2/c1-21(2)10-5-11-22-18(23)17(26-19(22)25)12-13-8-9-16(24-13)14-6-3-4-7-15(14)20/h3-4,6-9,12H,5,10-11H2,1-2H3/p+1/b17-12+. The molecule has 1 amide bonds. The van der Waals surface area contributed by atoms with Gasteiger partial charge in [0, 0.05) is 24.6 Å². The minimum Gasteiger partial charge on any atom is -0.457 e. The first-order valence-electron chi connectivity index (χ1n) is 8.35. The highest BCUT2D eigenvalue weighted by Gasteiger charge is 2.32. The number of benzene rings is 1. The van der Waals surface area contributed by atoms with Crippen LogP contribution in [0, 0.1) is 0 Å². The third-order valence-corrected chi connectivity index (χ3v) is 5.68. The van der Waals surface area contributed by atoms with E-state index >= 15 is 0 Å². The number of thiocarbonyl (C=S) groups is 1. The normalized spacial score (nSPS) is 16.3. The highest BCUT2D eigenvalue weighted by molar-refractivity contribution is 8.26. The van der Waals surface area contributed by atoms with Crippen molar-refractivity contribution < 1.29 is 14.1 Å². The lowest BCUT2D eigenvalue weighted by Gasteiger charge is -2.15. The Bertz CT molecular complexity index is 861. The summed E-state index contributed by atoms with van der Waals surface area (Å²) in [5.41, 5.74) is 0.826. The van der Waals surface area contributed by atoms with Crippen LogP contribution in [0.25, 0.3) is 17.4 Å². The maximum absolute atomic E-state index is 12.6. The summed E-state index contributed by atoms with van der Waals surface area (Å²) in [6, 6.07) is 11.2. The molecule has 1 aromatic heterocycles. The van der Waals surface area contributed by atoms with Gasteiger partial charge in [0.05, 0.1) is 30.6 Å². The lowest BCUT2D eigenvalue weighted by atomic mass is 10.2. The molecule has 1 saturated heterocycles. The maximum atomic E-state index is 12.6. The molecule has 0 radical (unpaired) electrons. The Kier molecular flexibility index (Phi) is 6.19. The summed E-state index contributed by atoms with van der Waals surface area (Å²) in [6.07, 6.45) is 2.66. The van der Waals surface area contributed by atoms with Crippen LogP contribution in [0.1, 0.15) is 12.2 Å². The molecule has 136 valence electrons. The molecule has 0 unspecified atom stereocenters. The first-order chi connectivity index (χ1) is 12.5. The fourth-order valence-corrected chi connectivity index (χ4v) is 4.17. The van der Waals surface area contributed by atoms with Crippen molar-refractivity contribution in [3.05, 3.63) is 52.1 Å². The predicted molar refractivity (Wildman–Crippen MR) is 111 cm³/mol. The van der Waals surface area contributed by atoms with Crippen LogP contribution in [0.3, 0.4) is 0 Å². The van der Waals surface area contributed by atoms with Crippen LogP contribution in [-0.4, -0.2) is 42.3 Å². The highest BCUT2D eigenvalue weighted by atomic mass is 35.5. The van der Waals surface area contributed by atoms with Crippen LogP contribution < -0.4 is 4.90 Å². The average molecular weight is 408 g/mol. The summed E-state index contributed by atoms with van der Waals surface area (Å²) in [4.78, 5) is 16.2. The number of amides is 1. The topological polar surface area (TPSA) is 37.9 Å². The molecule has 0 bridgehead atoms. The van der Waals surface area contributed by atoms with E-state index < -0.39 is 0 Å². The Morgan fingerprint density at radius 1 is 1.27 bits per heavy atom. The van der Waals surface area contributed by atoms with Gasteiger partial charge in [-0.15, -0.1) is 0 Å². The number of halogens is 1. The second kappa shape index (κ2) is 8.39. The first-order valence-corrected chi connectivity index (χ1v) is 9.95. The van der Waals surface area contributed by atoms with Crippen LogP contribution in [0.15, 0.2) is 45.7 Å². The van der Waals surface area contributed by atoms with E-state index in [1.807, 2.05) is 36.4 Å². The molecule has 4 nitrogen and oxygen atoms in total. The van der Waals surface area contributed by atoms with Gasteiger partial charge in [-0.25, -0.2) is 0 Å². The Balaban J connectivity index is 1.74. The van der Waals surface area contributed by atoms with Crippen LogP contribution in [0.5, 0.6) is 0 Å². The number of hydrogen-bond acceptors (Lipinski definition) is 4. The second-order valence-electron chi connectivity index (χ2n) is 6.33. The number of carbonyl (C=O) groups is 1. The molecule has 1 aromatic carbocycles. The van der Waals surface area contributed by atoms with Gasteiger partial charge in [-0.05, 0) is 24.3 Å². The van der Waals surface area contributed by atoms with E-state index in [1.165, 1.54) is 16.7 Å². The second-order valence-corrected chi connectivity index (χ2v) is 8.41. The summed E-state index contributed by atoms with van der Waals surface area (Å²) in [5.74, 6) is 1.23. The Hall–Kier alpha value is -1.60. The van der Waals surface area contributed by atoms with Crippen molar-refractivity contribution in [1.82, 2.24) is 4.90 Å². The van der Waals surface area contributed by atoms with Crippen molar-refractivity contribution in [2.45, 2.75) is 6.42 Å². The zero-order valence-corrected chi connectivity index (χ0v) is 17.0. The van der Waals surface area contributed by atoms with Gasteiger partial charge in [-0.2, -0.15) is 0 Å². The summed E-state index contributed by atoms with van der Waals surface area (Å²) in [6.45, 7) is 1.64. The van der Waals surface area contributed by atoms with Crippen molar-refractivity contribution in [1.29, 1.82) is 0 Å². The molecule has 1 aliphatic heterocycles. The van der Waals surface area contributed by atoms with Crippen molar-refractivity contribution in [2.24, 2.45) is 0 Å². The van der Waals surface area contributed by atoms with Gasteiger partial charge in [0.25, 0.3) is 5.91 Å². The van der Waals surface area contributed by atoms with E-state index in [1.54, 1.807) is 11.0 Å². The van der Waals surface area contributed by atoms with Gasteiger partial charge in [-0.1, -0.05) is 47.7 Å². The number of nitrogens with one attached hydrogen (secondary N) is 1. The fraction of sp³-hybridized carbons (Fsp3) is 0.263. The van der Waals surface area contributed by atoms with Crippen molar-refractivity contribution >= 4 is 51.9 Å². The third kappa shape index (κ3) is 4.38. The first kappa shape index (κ1) is 19.2. The van der Waals surface area contributed by atoms with Crippen LogP contribution in [-0.2, 0) is 4.79 Å². The predicted octanol–water partition coefficient (Wildman–Crippen LogP) is 3.34. The summed E-state index contributed by atoms with van der Waals surface area (Å²) < 4.78 is 6.46. The SMILES string of the molecule is C[NH+](C)CCCN1C(=O)/C(=C\c2ccc(-c3ccccc3Cl)o2)SC1=S. The van der Waals surface area contributed by atoms with Crippen LogP contribution >= 0.6 is 35.6 Å². The largest absolute Gasteiger partial charge is 0.457 e. The van der Waals surface area contributed by atoms with E-state index in [9.17, 15) is 4.79 Å². The zero-order chi connectivity index (χ0) is 18.7. The van der Waals surface area contributed by atoms with Gasteiger partial charge in [-0.3, -0.25) is 9.69 Å². The number of quaternary nitrogens is 1. The third-order valence-electron chi connectivity index (χ3n) is 3.97. The molecule has 0 spiro atoms. The molecule has 0 saturated carbocycles. The van der Waals surface area contributed by atoms with Crippen molar-refractivity contribution in [2.75, 3.05) is 27.2 Å². The van der Waals surface area contributed by atoms with Gasteiger partial charge in [0.15, 0.2) is 0 Å². The number of thioether (sulfide) groups is 1. The van der Waals surface area contributed by atoms with Crippen LogP contribution in [0.2, 0.25) is 5.02 Å². The lowest BCUT2D eigenvalue weighted by molar-refractivity contribution is -0.858. The number of carbonyl (C=O) groups excluding carboxylic acids is 1. The molecule has 1 N–H and O–H groups in total. The monoisotopic (exact) mass is 407 g/mol. The minimum absolute atomic E-state index is 0.0514. The van der Waals surface area contributed by atoms with E-state index in [4.69, 9.17) is 28.2 Å². The molecule has 3 rings (SSSR count). The lowest BCUT2D eigenvalue weighted by Crippen LogP contribution is -3.05. The van der Waals surface area contributed by atoms with Crippen LogP contribution in [0.4, 0.5) is 0 Å². The Morgan fingerprint density at radius 2 is 2.04 bits per heavy atom. The summed E-state index contributed by atoms with van der Waals surface area (Å²) >= 11 is 12.9. The molecule has 0 atom stereocenters. The number of nitrogens with zero attached hydrogens (tertiary/aromatic N) is 1. The van der Waals surface area contributed by atoms with E-state index in [0.717, 1.165) is 18.5 Å². The van der Waals surface area contributed by atoms with Gasteiger partial charge in [0.2, 0.25) is 0 Å². The number of hydrogen-bond donors (Lipinski definition) is 1. The molecule has 1 fully saturated rings. The minimum atomic E-state index is -0.0514. The Morgan fingerprint density at radius 3 is 2.77 bits per heavy atom. The molecule has 26 heavy (non-hydrogen) atoms. The van der Waals surface area contributed by atoms with Gasteiger partial charge < -0.3 is 9.32 Å². The van der Waals surface area contributed by atoms with Gasteiger partial charge in [0.1, 0.15) is 15.8 Å². The molecule has 1 aliphatic rings. The maximum Gasteiger partial charge on any atom is 0.266 e. The number of rotatable bonds is 6. The van der Waals surface area contributed by atoms with E-state index in [2.05, 4.69) is 14.1 Å². The van der Waals surface area contributed by atoms with Gasteiger partial charge >= 0.3 is 0 Å². The van der Waals surface area contributed by atoms with E-state index in [0.29, 0.717) is 32.3 Å². The quantitative estimate of drug-likeness (QED) is 0.588. The molecular formula is C19H20ClN2O2S2+. The number of furan rings is 1. The summed E-state index contributed by atoms with van der Waals surface area (Å²) in [5, 5.41) is 0.628. The van der Waals surface area contributed by atoms with Crippen molar-refractivity contribution in [3.63, 3.8) is 0 Å².